The van der Waals surface area contributed by atoms with Crippen molar-refractivity contribution in [3.05, 3.63) is 93.1 Å². The Labute approximate surface area is 209 Å². The quantitative estimate of drug-likeness (QED) is 0.237. The molecule has 0 N–H and O–H groups in total. The maximum atomic E-state index is 13.0. The molecule has 4 nitrogen and oxygen atoms in total. The SMILES string of the molecule is CCOc1ccc(N2C(=O)/C(=C/c3ccc(OCc4ccc(F)cc4)c(Br)c3)SC2=S)cc1. The van der Waals surface area contributed by atoms with Crippen LogP contribution in [0, 0.1) is 5.82 Å². The summed E-state index contributed by atoms with van der Waals surface area (Å²) >= 11 is 10.2. The number of anilines is 1. The summed E-state index contributed by atoms with van der Waals surface area (Å²) in [6.45, 7) is 2.82. The Balaban J connectivity index is 1.47. The zero-order valence-corrected chi connectivity index (χ0v) is 20.8. The second kappa shape index (κ2) is 10.5. The fourth-order valence-corrected chi connectivity index (χ4v) is 4.98. The number of hydrogen-bond donors (Lipinski definition) is 0. The van der Waals surface area contributed by atoms with Gasteiger partial charge in [0.2, 0.25) is 0 Å². The number of nitrogens with zero attached hydrogens (tertiary/aromatic N) is 1. The Morgan fingerprint density at radius 3 is 2.45 bits per heavy atom. The molecule has 1 heterocycles. The molecular formula is C25H19BrFNO3S2. The standard InChI is InChI=1S/C25H19BrFNO3S2/c1-2-30-20-10-8-19(9-11-20)28-24(29)23(33-25(28)32)14-17-5-12-22(21(26)13-17)31-15-16-3-6-18(27)7-4-16/h3-14H,2,15H2,1H3/b23-14-. The van der Waals surface area contributed by atoms with Crippen LogP contribution >= 0.6 is 39.9 Å². The Hall–Kier alpha value is -2.68. The maximum absolute atomic E-state index is 13.0. The molecule has 0 atom stereocenters. The summed E-state index contributed by atoms with van der Waals surface area (Å²) in [5.41, 5.74) is 2.41. The van der Waals surface area contributed by atoms with Crippen LogP contribution in [-0.4, -0.2) is 16.8 Å². The lowest BCUT2D eigenvalue weighted by Crippen LogP contribution is -2.27. The van der Waals surface area contributed by atoms with Crippen molar-refractivity contribution in [3.8, 4) is 11.5 Å². The number of benzene rings is 3. The van der Waals surface area contributed by atoms with Gasteiger partial charge in [-0.05, 0) is 88.6 Å². The van der Waals surface area contributed by atoms with Gasteiger partial charge in [0.1, 0.15) is 23.9 Å². The van der Waals surface area contributed by atoms with E-state index in [9.17, 15) is 9.18 Å². The molecule has 1 fully saturated rings. The van der Waals surface area contributed by atoms with Crippen molar-refractivity contribution < 1.29 is 18.7 Å². The highest BCUT2D eigenvalue weighted by atomic mass is 79.9. The average Bonchev–Trinajstić information content (AvgIpc) is 3.08. The van der Waals surface area contributed by atoms with E-state index in [1.54, 1.807) is 12.1 Å². The first-order chi connectivity index (χ1) is 15.9. The van der Waals surface area contributed by atoms with E-state index in [1.807, 2.05) is 55.5 Å². The topological polar surface area (TPSA) is 38.8 Å². The molecule has 0 bridgehead atoms. The van der Waals surface area contributed by atoms with E-state index in [0.29, 0.717) is 33.9 Å². The molecule has 3 aromatic carbocycles. The van der Waals surface area contributed by atoms with Gasteiger partial charge in [0.25, 0.3) is 5.91 Å². The summed E-state index contributed by atoms with van der Waals surface area (Å²) < 4.78 is 25.6. The van der Waals surface area contributed by atoms with Crippen LogP contribution in [0.25, 0.3) is 6.08 Å². The Bertz CT molecular complexity index is 1210. The van der Waals surface area contributed by atoms with Crippen molar-refractivity contribution in [3.63, 3.8) is 0 Å². The molecular weight excluding hydrogens is 525 g/mol. The first-order valence-corrected chi connectivity index (χ1v) is 12.1. The number of ether oxygens (including phenoxy) is 2. The monoisotopic (exact) mass is 543 g/mol. The van der Waals surface area contributed by atoms with Gasteiger partial charge in [-0.25, -0.2) is 4.39 Å². The minimum atomic E-state index is -0.280. The van der Waals surface area contributed by atoms with E-state index in [2.05, 4.69) is 15.9 Å². The number of amides is 1. The molecule has 0 unspecified atom stereocenters. The molecule has 8 heteroatoms. The van der Waals surface area contributed by atoms with Gasteiger partial charge in [-0.2, -0.15) is 0 Å². The molecule has 0 aromatic heterocycles. The Morgan fingerprint density at radius 2 is 1.79 bits per heavy atom. The van der Waals surface area contributed by atoms with Crippen molar-refractivity contribution >= 4 is 61.9 Å². The van der Waals surface area contributed by atoms with Crippen LogP contribution in [0.15, 0.2) is 76.1 Å². The lowest BCUT2D eigenvalue weighted by atomic mass is 10.2. The Kier molecular flexibility index (Phi) is 7.47. The molecule has 0 radical (unpaired) electrons. The third-order valence-electron chi connectivity index (χ3n) is 4.76. The molecule has 4 rings (SSSR count). The molecule has 0 spiro atoms. The third-order valence-corrected chi connectivity index (χ3v) is 6.68. The van der Waals surface area contributed by atoms with E-state index in [0.717, 1.165) is 21.3 Å². The predicted molar refractivity (Wildman–Crippen MR) is 138 cm³/mol. The first kappa shape index (κ1) is 23.5. The van der Waals surface area contributed by atoms with Crippen LogP contribution in [0.3, 0.4) is 0 Å². The summed E-state index contributed by atoms with van der Waals surface area (Å²) in [5.74, 6) is 0.950. The van der Waals surface area contributed by atoms with Gasteiger partial charge in [-0.15, -0.1) is 0 Å². The van der Waals surface area contributed by atoms with Crippen LogP contribution in [-0.2, 0) is 11.4 Å². The summed E-state index contributed by atoms with van der Waals surface area (Å²) in [4.78, 5) is 15.1. The van der Waals surface area contributed by atoms with Gasteiger partial charge >= 0.3 is 0 Å². The molecule has 0 saturated carbocycles. The summed E-state index contributed by atoms with van der Waals surface area (Å²) in [7, 11) is 0. The molecule has 3 aromatic rings. The second-order valence-corrected chi connectivity index (χ2v) is 9.58. The highest BCUT2D eigenvalue weighted by Crippen LogP contribution is 2.37. The number of carbonyl (C=O) groups is 1. The number of carbonyl (C=O) groups excluding carboxylic acids is 1. The van der Waals surface area contributed by atoms with Crippen LogP contribution in [0.2, 0.25) is 0 Å². The van der Waals surface area contributed by atoms with Crippen molar-refractivity contribution in [1.82, 2.24) is 0 Å². The third kappa shape index (κ3) is 5.63. The lowest BCUT2D eigenvalue weighted by molar-refractivity contribution is -0.113. The summed E-state index contributed by atoms with van der Waals surface area (Å²) in [6.07, 6.45) is 1.81. The average molecular weight is 544 g/mol. The van der Waals surface area contributed by atoms with Crippen LogP contribution in [0.4, 0.5) is 10.1 Å². The van der Waals surface area contributed by atoms with Crippen molar-refractivity contribution in [2.45, 2.75) is 13.5 Å². The number of rotatable bonds is 7. The number of hydrogen-bond acceptors (Lipinski definition) is 5. The van der Waals surface area contributed by atoms with Gasteiger partial charge < -0.3 is 9.47 Å². The molecule has 33 heavy (non-hydrogen) atoms. The molecule has 1 aliphatic heterocycles. The van der Waals surface area contributed by atoms with Gasteiger partial charge in [-0.3, -0.25) is 9.69 Å². The second-order valence-electron chi connectivity index (χ2n) is 7.05. The fourth-order valence-electron chi connectivity index (χ4n) is 3.17. The zero-order valence-electron chi connectivity index (χ0n) is 17.6. The highest BCUT2D eigenvalue weighted by molar-refractivity contribution is 9.10. The molecule has 1 aliphatic rings. The molecule has 168 valence electrons. The van der Waals surface area contributed by atoms with Gasteiger partial charge in [0.05, 0.1) is 21.7 Å². The van der Waals surface area contributed by atoms with E-state index in [4.69, 9.17) is 21.7 Å². The van der Waals surface area contributed by atoms with Crippen LogP contribution in [0.1, 0.15) is 18.1 Å². The summed E-state index contributed by atoms with van der Waals surface area (Å²) in [6, 6.07) is 19.0. The van der Waals surface area contributed by atoms with E-state index >= 15 is 0 Å². The van der Waals surface area contributed by atoms with E-state index in [1.165, 1.54) is 28.8 Å². The van der Waals surface area contributed by atoms with Crippen molar-refractivity contribution in [2.24, 2.45) is 0 Å². The number of thiocarbonyl (C=S) groups is 1. The summed E-state index contributed by atoms with van der Waals surface area (Å²) in [5, 5.41) is 0. The highest BCUT2D eigenvalue weighted by Gasteiger charge is 2.33. The van der Waals surface area contributed by atoms with Gasteiger partial charge in [0.15, 0.2) is 4.32 Å². The minimum Gasteiger partial charge on any atom is -0.494 e. The molecule has 1 saturated heterocycles. The number of thioether (sulfide) groups is 1. The van der Waals surface area contributed by atoms with Gasteiger partial charge in [-0.1, -0.05) is 42.2 Å². The predicted octanol–water partition coefficient (Wildman–Crippen LogP) is 6.97. The lowest BCUT2D eigenvalue weighted by Gasteiger charge is -2.15. The van der Waals surface area contributed by atoms with Crippen LogP contribution < -0.4 is 14.4 Å². The number of halogens is 2. The normalized spacial score (nSPS) is 14.8. The zero-order chi connectivity index (χ0) is 23.4. The molecule has 0 aliphatic carbocycles. The maximum Gasteiger partial charge on any atom is 0.270 e. The Morgan fingerprint density at radius 1 is 1.06 bits per heavy atom. The van der Waals surface area contributed by atoms with Crippen molar-refractivity contribution in [2.75, 3.05) is 11.5 Å². The first-order valence-electron chi connectivity index (χ1n) is 10.1. The fraction of sp³-hybridized carbons (Fsp3) is 0.120. The van der Waals surface area contributed by atoms with Gasteiger partial charge in [0, 0.05) is 0 Å². The van der Waals surface area contributed by atoms with Crippen LogP contribution in [0.5, 0.6) is 11.5 Å². The largest absolute Gasteiger partial charge is 0.494 e. The minimum absolute atomic E-state index is 0.165. The van der Waals surface area contributed by atoms with E-state index < -0.39 is 0 Å². The molecule has 1 amide bonds. The smallest absolute Gasteiger partial charge is 0.270 e. The van der Waals surface area contributed by atoms with Crippen molar-refractivity contribution in [1.29, 1.82) is 0 Å². The van der Waals surface area contributed by atoms with E-state index in [-0.39, 0.29) is 11.7 Å².